The predicted octanol–water partition coefficient (Wildman–Crippen LogP) is 6.16. The second kappa shape index (κ2) is 12.3. The van der Waals surface area contributed by atoms with Gasteiger partial charge in [0.05, 0.1) is 36.3 Å². The number of nitrogens with zero attached hydrogens (tertiary/aromatic N) is 6. The molecule has 2 aliphatic carbocycles. The van der Waals surface area contributed by atoms with Crippen molar-refractivity contribution in [2.75, 3.05) is 0 Å². The number of hydrogen-bond donors (Lipinski definition) is 0. The van der Waals surface area contributed by atoms with Gasteiger partial charge in [0.1, 0.15) is 17.8 Å². The van der Waals surface area contributed by atoms with Crippen molar-refractivity contribution in [3.63, 3.8) is 0 Å². The molecular formula is C33H36N6O3. The molecule has 42 heavy (non-hydrogen) atoms. The number of nitriles is 1. The van der Waals surface area contributed by atoms with Crippen molar-refractivity contribution in [1.82, 2.24) is 24.3 Å². The number of ketones is 1. The average molecular weight is 565 g/mol. The van der Waals surface area contributed by atoms with E-state index in [-0.39, 0.29) is 24.7 Å². The summed E-state index contributed by atoms with van der Waals surface area (Å²) in [6.07, 6.45) is 15.7. The number of benzene rings is 1. The van der Waals surface area contributed by atoms with Crippen molar-refractivity contribution in [1.29, 1.82) is 5.26 Å². The monoisotopic (exact) mass is 564 g/mol. The molecule has 0 bridgehead atoms. The second-order valence-electron chi connectivity index (χ2n) is 11.7. The van der Waals surface area contributed by atoms with Crippen LogP contribution < -0.4 is 0 Å². The van der Waals surface area contributed by atoms with Gasteiger partial charge >= 0.3 is 5.97 Å². The normalized spacial score (nSPS) is 18.8. The van der Waals surface area contributed by atoms with Gasteiger partial charge in [-0.3, -0.25) is 18.8 Å². The van der Waals surface area contributed by atoms with Crippen LogP contribution in [0.1, 0.15) is 81.4 Å². The maximum Gasteiger partial charge on any atom is 0.314 e. The zero-order valence-electron chi connectivity index (χ0n) is 24.0. The minimum atomic E-state index is -0.425. The lowest BCUT2D eigenvalue weighted by molar-refractivity contribution is -0.148. The molecule has 6 rings (SSSR count). The molecule has 9 nitrogen and oxygen atoms in total. The Kier molecular flexibility index (Phi) is 8.13. The van der Waals surface area contributed by atoms with Crippen LogP contribution >= 0.6 is 0 Å². The molecule has 2 fully saturated rings. The summed E-state index contributed by atoms with van der Waals surface area (Å²) in [6, 6.07) is 12.3. The van der Waals surface area contributed by atoms with Gasteiger partial charge < -0.3 is 4.74 Å². The van der Waals surface area contributed by atoms with Crippen molar-refractivity contribution < 1.29 is 14.3 Å². The van der Waals surface area contributed by atoms with Crippen LogP contribution in [0.3, 0.4) is 0 Å². The average Bonchev–Trinajstić information content (AvgIpc) is 3.83. The highest BCUT2D eigenvalue weighted by atomic mass is 16.5. The Hall–Kier alpha value is -4.32. The van der Waals surface area contributed by atoms with Gasteiger partial charge in [0.15, 0.2) is 6.73 Å². The third kappa shape index (κ3) is 5.71. The summed E-state index contributed by atoms with van der Waals surface area (Å²) < 4.78 is 9.43. The van der Waals surface area contributed by atoms with Crippen LogP contribution in [0.2, 0.25) is 0 Å². The van der Waals surface area contributed by atoms with Crippen molar-refractivity contribution in [2.24, 2.45) is 11.8 Å². The fraction of sp³-hybridized carbons (Fsp3) is 0.455. The van der Waals surface area contributed by atoms with E-state index >= 15 is 0 Å². The molecule has 1 aromatic carbocycles. The number of ether oxygens (including phenoxy) is 1. The Balaban J connectivity index is 1.12. The van der Waals surface area contributed by atoms with Gasteiger partial charge in [0, 0.05) is 35.7 Å². The van der Waals surface area contributed by atoms with Gasteiger partial charge in [-0.1, -0.05) is 37.1 Å². The quantitative estimate of drug-likeness (QED) is 0.212. The van der Waals surface area contributed by atoms with Gasteiger partial charge in [0.25, 0.3) is 0 Å². The molecule has 0 amide bonds. The fourth-order valence-corrected chi connectivity index (χ4v) is 6.62. The summed E-state index contributed by atoms with van der Waals surface area (Å²) in [5, 5.41) is 14.9. The van der Waals surface area contributed by atoms with E-state index in [1.54, 1.807) is 10.8 Å². The molecule has 2 unspecified atom stereocenters. The van der Waals surface area contributed by atoms with E-state index in [0.717, 1.165) is 59.9 Å². The molecule has 3 heterocycles. The Labute approximate surface area is 245 Å². The molecular weight excluding hydrogens is 528 g/mol. The number of aromatic nitrogens is 5. The van der Waals surface area contributed by atoms with E-state index in [4.69, 9.17) is 4.74 Å². The molecule has 216 valence electrons. The van der Waals surface area contributed by atoms with E-state index in [1.165, 1.54) is 19.2 Å². The van der Waals surface area contributed by atoms with Gasteiger partial charge in [0.2, 0.25) is 0 Å². The third-order valence-corrected chi connectivity index (χ3v) is 9.11. The lowest BCUT2D eigenvalue weighted by Crippen LogP contribution is -2.17. The third-order valence-electron chi connectivity index (χ3n) is 9.11. The number of carbonyl (C=O) groups excluding carboxylic acids is 2. The number of hydrogen-bond acceptors (Lipinski definition) is 7. The molecule has 0 radical (unpaired) electrons. The minimum Gasteiger partial charge on any atom is -0.443 e. The number of fused-ring (bicyclic) bond motifs is 1. The summed E-state index contributed by atoms with van der Waals surface area (Å²) in [4.78, 5) is 34.0. The van der Waals surface area contributed by atoms with Crippen molar-refractivity contribution in [2.45, 2.75) is 83.4 Å². The van der Waals surface area contributed by atoms with Gasteiger partial charge in [-0.05, 0) is 62.1 Å². The highest BCUT2D eigenvalue weighted by Crippen LogP contribution is 2.37. The standard InChI is InChI=1S/C33H36N6O3/c1-22(24-11-9-23(10-12-24)17-26-7-4-8-30(26)40)33(41)42-21-38-16-14-28-31(35-20-36-32(28)38)27-18-37-39(19-27)29(13-15-34)25-5-2-3-6-25/h9-12,14,16,18-20,22,25-26,29H,2-8,13,17,21H2,1H3/t22?,26?,29-/m1/s1. The van der Waals surface area contributed by atoms with Crippen LogP contribution in [0, 0.1) is 23.2 Å². The van der Waals surface area contributed by atoms with Gasteiger partial charge in [-0.2, -0.15) is 10.4 Å². The smallest absolute Gasteiger partial charge is 0.314 e. The lowest BCUT2D eigenvalue weighted by atomic mass is 9.94. The molecule has 2 aliphatic rings. The maximum atomic E-state index is 13.0. The molecule has 4 aromatic rings. The molecule has 3 atom stereocenters. The molecule has 0 N–H and O–H groups in total. The number of Topliss-reactive ketones (excluding diaryl/α,β-unsaturated/α-hetero) is 1. The molecule has 0 aliphatic heterocycles. The van der Waals surface area contributed by atoms with Crippen molar-refractivity contribution in [3.8, 4) is 17.3 Å². The van der Waals surface area contributed by atoms with Crippen LogP contribution in [0.5, 0.6) is 0 Å². The number of carbonyl (C=O) groups is 2. The zero-order chi connectivity index (χ0) is 29.1. The van der Waals surface area contributed by atoms with Gasteiger partial charge in [-0.25, -0.2) is 9.97 Å². The lowest BCUT2D eigenvalue weighted by Gasteiger charge is -2.21. The van der Waals surface area contributed by atoms with Crippen LogP contribution in [0.15, 0.2) is 55.2 Å². The van der Waals surface area contributed by atoms with Gasteiger partial charge in [-0.15, -0.1) is 0 Å². The summed E-state index contributed by atoms with van der Waals surface area (Å²) in [5.41, 5.74) is 4.30. The SMILES string of the molecule is CC(C(=O)OCn1ccc2c(-c3cnn([C@H](CC#N)C4CCCC4)c3)ncnc21)c1ccc(CC2CCCC2=O)cc1. The van der Waals surface area contributed by atoms with Crippen LogP contribution in [-0.4, -0.2) is 36.1 Å². The fourth-order valence-electron chi connectivity index (χ4n) is 6.62. The first kappa shape index (κ1) is 27.8. The van der Waals surface area contributed by atoms with E-state index in [1.807, 2.05) is 54.3 Å². The highest BCUT2D eigenvalue weighted by Gasteiger charge is 2.28. The maximum absolute atomic E-state index is 13.0. The summed E-state index contributed by atoms with van der Waals surface area (Å²) in [7, 11) is 0. The summed E-state index contributed by atoms with van der Waals surface area (Å²) >= 11 is 0. The first-order chi connectivity index (χ1) is 20.5. The second-order valence-corrected chi connectivity index (χ2v) is 11.7. The molecule has 3 aromatic heterocycles. The van der Waals surface area contributed by atoms with Crippen LogP contribution in [0.25, 0.3) is 22.3 Å². The summed E-state index contributed by atoms with van der Waals surface area (Å²) in [6.45, 7) is 1.88. The number of rotatable bonds is 10. The molecule has 0 spiro atoms. The Morgan fingerprint density at radius 2 is 1.93 bits per heavy atom. The topological polar surface area (TPSA) is 116 Å². The predicted molar refractivity (Wildman–Crippen MR) is 157 cm³/mol. The number of esters is 1. The first-order valence-electron chi connectivity index (χ1n) is 15.0. The van der Waals surface area contributed by atoms with E-state index in [2.05, 4.69) is 21.1 Å². The highest BCUT2D eigenvalue weighted by molar-refractivity contribution is 5.90. The Morgan fingerprint density at radius 3 is 2.67 bits per heavy atom. The Bertz CT molecular complexity index is 1610. The zero-order valence-corrected chi connectivity index (χ0v) is 24.0. The van der Waals surface area contributed by atoms with E-state index in [9.17, 15) is 14.9 Å². The molecule has 0 saturated heterocycles. The minimum absolute atomic E-state index is 0.0379. The van der Waals surface area contributed by atoms with Crippen molar-refractivity contribution >= 4 is 22.8 Å². The molecule has 9 heteroatoms. The summed E-state index contributed by atoms with van der Waals surface area (Å²) in [5.74, 6) is 0.228. The largest absolute Gasteiger partial charge is 0.443 e. The van der Waals surface area contributed by atoms with E-state index in [0.29, 0.717) is 30.2 Å². The van der Waals surface area contributed by atoms with Crippen molar-refractivity contribution in [3.05, 3.63) is 66.4 Å². The molecule has 2 saturated carbocycles. The van der Waals surface area contributed by atoms with E-state index < -0.39 is 5.92 Å². The first-order valence-corrected chi connectivity index (χ1v) is 15.0. The van der Waals surface area contributed by atoms with Crippen LogP contribution in [-0.2, 0) is 27.5 Å². The Morgan fingerprint density at radius 1 is 1.12 bits per heavy atom. The van der Waals surface area contributed by atoms with Crippen LogP contribution in [0.4, 0.5) is 0 Å².